The first-order valence-electron chi connectivity index (χ1n) is 9.94. The Morgan fingerprint density at radius 1 is 1.30 bits per heavy atom. The number of anilines is 1. The van der Waals surface area contributed by atoms with Crippen LogP contribution < -0.4 is 15.5 Å². The molecule has 5 rings (SSSR count). The molecule has 3 aliphatic heterocycles. The third kappa shape index (κ3) is 2.31. The van der Waals surface area contributed by atoms with Gasteiger partial charge in [-0.25, -0.2) is 9.18 Å². The van der Waals surface area contributed by atoms with Gasteiger partial charge in [0.25, 0.3) is 0 Å². The van der Waals surface area contributed by atoms with Crippen LogP contribution in [0.4, 0.5) is 14.9 Å². The lowest BCUT2D eigenvalue weighted by atomic mass is 9.66. The number of ether oxygens (including phenoxy) is 1. The lowest BCUT2D eigenvalue weighted by Gasteiger charge is -2.55. The highest BCUT2D eigenvalue weighted by Crippen LogP contribution is 2.49. The molecule has 2 aromatic rings. The molecule has 1 aromatic heterocycles. The molecule has 10 heteroatoms. The molecule has 2 saturated heterocycles. The fraction of sp³-hybridized carbons (Fsp3) is 0.500. The number of hydrogen-bond donors (Lipinski definition) is 2. The molecule has 0 aliphatic carbocycles. The molecule has 2 N–H and O–H groups in total. The van der Waals surface area contributed by atoms with E-state index in [1.54, 1.807) is 24.8 Å². The van der Waals surface area contributed by atoms with Gasteiger partial charge < -0.3 is 14.2 Å². The number of benzene rings is 1. The third-order valence-electron chi connectivity index (χ3n) is 6.51. The van der Waals surface area contributed by atoms with E-state index in [0.29, 0.717) is 35.3 Å². The van der Waals surface area contributed by atoms with Gasteiger partial charge in [-0.15, -0.1) is 0 Å². The summed E-state index contributed by atoms with van der Waals surface area (Å²) in [6.07, 6.45) is -0.163. The van der Waals surface area contributed by atoms with Crippen molar-refractivity contribution in [2.24, 2.45) is 5.41 Å². The van der Waals surface area contributed by atoms with Crippen molar-refractivity contribution in [2.45, 2.75) is 51.9 Å². The number of imide groups is 2. The lowest BCUT2D eigenvalue weighted by Crippen LogP contribution is -2.75. The highest BCUT2D eigenvalue weighted by Gasteiger charge is 2.63. The molecule has 3 unspecified atom stereocenters. The Bertz CT molecular complexity index is 1090. The molecule has 30 heavy (non-hydrogen) atoms. The molecule has 4 heterocycles. The maximum absolute atomic E-state index is 15.6. The number of rotatable bonds is 1. The molecule has 0 saturated carbocycles. The van der Waals surface area contributed by atoms with Crippen LogP contribution in [0.5, 0.6) is 0 Å². The summed E-state index contributed by atoms with van der Waals surface area (Å²) in [5.41, 5.74) is -0.297. The molecule has 3 aliphatic rings. The Labute approximate surface area is 170 Å². The summed E-state index contributed by atoms with van der Waals surface area (Å²) >= 11 is 0. The number of carbonyl (C=O) groups excluding carboxylic acids is 3. The largest absolute Gasteiger partial charge is 0.371 e. The van der Waals surface area contributed by atoms with Gasteiger partial charge in [0.1, 0.15) is 0 Å². The molecular formula is C20H21FN4O5. The number of urea groups is 1. The average molecular weight is 416 g/mol. The number of aryl methyl sites for hydroxylation is 1. The minimum Gasteiger partial charge on any atom is -0.371 e. The maximum atomic E-state index is 15.6. The van der Waals surface area contributed by atoms with Crippen molar-refractivity contribution in [2.75, 3.05) is 11.4 Å². The Hall–Kier alpha value is -3.01. The Morgan fingerprint density at radius 3 is 2.67 bits per heavy atom. The number of amides is 4. The highest BCUT2D eigenvalue weighted by atomic mass is 19.1. The molecular weight excluding hydrogens is 395 g/mol. The molecule has 0 radical (unpaired) electrons. The second-order valence-electron chi connectivity index (χ2n) is 8.20. The topological polar surface area (TPSA) is 114 Å². The molecule has 0 bridgehead atoms. The molecule has 4 amide bonds. The summed E-state index contributed by atoms with van der Waals surface area (Å²) < 4.78 is 26.9. The number of hydrogen-bond acceptors (Lipinski definition) is 7. The molecule has 158 valence electrons. The summed E-state index contributed by atoms with van der Waals surface area (Å²) in [5, 5.41) is 8.79. The summed E-state index contributed by atoms with van der Waals surface area (Å²) in [6.45, 7) is 5.71. The highest BCUT2D eigenvalue weighted by molar-refractivity contribution is 6.20. The summed E-state index contributed by atoms with van der Waals surface area (Å²) in [4.78, 5) is 39.7. The van der Waals surface area contributed by atoms with Crippen molar-refractivity contribution in [3.05, 3.63) is 23.1 Å². The second-order valence-corrected chi connectivity index (χ2v) is 8.20. The SMILES string of the molecule is CCC1CN2c3c(cc4c(C)noc4c3F)CC3(C(=O)NC(=O)NC3=O)C2C(C)O1. The van der Waals surface area contributed by atoms with E-state index in [1.807, 2.05) is 6.92 Å². The van der Waals surface area contributed by atoms with Crippen LogP contribution in [0.25, 0.3) is 11.0 Å². The quantitative estimate of drug-likeness (QED) is 0.678. The van der Waals surface area contributed by atoms with Crippen LogP contribution in [0.2, 0.25) is 0 Å². The summed E-state index contributed by atoms with van der Waals surface area (Å²) in [6, 6.07) is 0.0625. The number of halogens is 1. The van der Waals surface area contributed by atoms with Gasteiger partial charge in [0.05, 0.1) is 29.6 Å². The minimum absolute atomic E-state index is 0.0425. The zero-order valence-electron chi connectivity index (χ0n) is 16.7. The van der Waals surface area contributed by atoms with Crippen molar-refractivity contribution < 1.29 is 28.0 Å². The zero-order chi connectivity index (χ0) is 21.4. The van der Waals surface area contributed by atoms with Crippen molar-refractivity contribution >= 4 is 34.5 Å². The van der Waals surface area contributed by atoms with Crippen LogP contribution in [0, 0.1) is 18.2 Å². The summed E-state index contributed by atoms with van der Waals surface area (Å²) in [5.74, 6) is -1.98. The van der Waals surface area contributed by atoms with Crippen LogP contribution in [-0.4, -0.2) is 47.8 Å². The first-order chi connectivity index (χ1) is 14.3. The van der Waals surface area contributed by atoms with Crippen LogP contribution in [-0.2, 0) is 20.7 Å². The van der Waals surface area contributed by atoms with Gasteiger partial charge in [-0.3, -0.25) is 20.2 Å². The molecule has 9 nitrogen and oxygen atoms in total. The van der Waals surface area contributed by atoms with E-state index < -0.39 is 41.2 Å². The predicted octanol–water partition coefficient (Wildman–Crippen LogP) is 1.56. The smallest absolute Gasteiger partial charge is 0.328 e. The Balaban J connectivity index is 1.78. The number of carbonyl (C=O) groups is 3. The third-order valence-corrected chi connectivity index (χ3v) is 6.51. The van der Waals surface area contributed by atoms with E-state index in [-0.39, 0.29) is 18.1 Å². The van der Waals surface area contributed by atoms with E-state index in [0.717, 1.165) is 0 Å². The molecule has 1 aromatic carbocycles. The summed E-state index contributed by atoms with van der Waals surface area (Å²) in [7, 11) is 0. The van der Waals surface area contributed by atoms with Crippen LogP contribution >= 0.6 is 0 Å². The fourth-order valence-electron chi connectivity index (χ4n) is 5.17. The second kappa shape index (κ2) is 6.24. The molecule has 1 spiro atoms. The van der Waals surface area contributed by atoms with Crippen LogP contribution in [0.3, 0.4) is 0 Å². The number of barbiturate groups is 1. The van der Waals surface area contributed by atoms with E-state index in [9.17, 15) is 14.4 Å². The number of nitrogens with zero attached hydrogens (tertiary/aromatic N) is 2. The van der Waals surface area contributed by atoms with Crippen molar-refractivity contribution in [1.29, 1.82) is 0 Å². The predicted molar refractivity (Wildman–Crippen MR) is 102 cm³/mol. The van der Waals surface area contributed by atoms with Gasteiger partial charge in [-0.05, 0) is 31.9 Å². The van der Waals surface area contributed by atoms with E-state index >= 15 is 4.39 Å². The van der Waals surface area contributed by atoms with E-state index in [4.69, 9.17) is 9.26 Å². The van der Waals surface area contributed by atoms with Crippen molar-refractivity contribution in [1.82, 2.24) is 15.8 Å². The first kappa shape index (κ1) is 19.0. The monoisotopic (exact) mass is 416 g/mol. The number of fused-ring (bicyclic) bond motifs is 5. The van der Waals surface area contributed by atoms with Gasteiger partial charge in [0, 0.05) is 18.4 Å². The van der Waals surface area contributed by atoms with Gasteiger partial charge in [0.2, 0.25) is 17.4 Å². The van der Waals surface area contributed by atoms with Crippen molar-refractivity contribution in [3.8, 4) is 0 Å². The van der Waals surface area contributed by atoms with Gasteiger partial charge >= 0.3 is 6.03 Å². The molecule has 3 atom stereocenters. The van der Waals surface area contributed by atoms with E-state index in [1.165, 1.54) is 0 Å². The number of aromatic nitrogens is 1. The maximum Gasteiger partial charge on any atom is 0.328 e. The van der Waals surface area contributed by atoms with Gasteiger partial charge in [-0.2, -0.15) is 0 Å². The van der Waals surface area contributed by atoms with Gasteiger partial charge in [-0.1, -0.05) is 12.1 Å². The Kier molecular flexibility index (Phi) is 3.95. The first-order valence-corrected chi connectivity index (χ1v) is 9.94. The van der Waals surface area contributed by atoms with Crippen LogP contribution in [0.15, 0.2) is 10.6 Å². The standard InChI is InChI=1S/C20H21FN4O5/c1-4-11-7-25-14-10(5-12-8(2)24-30-15(12)13(14)21)6-20(16(25)9(3)29-11)17(26)22-19(28)23-18(20)27/h5,9,11,16H,4,6-7H2,1-3H3,(H2,22,23,26,27,28). The number of morpholine rings is 1. The molecule has 2 fully saturated rings. The lowest BCUT2D eigenvalue weighted by molar-refractivity contribution is -0.154. The number of nitrogens with one attached hydrogen (secondary N) is 2. The Morgan fingerprint density at radius 2 is 2.00 bits per heavy atom. The van der Waals surface area contributed by atoms with Gasteiger partial charge in [0.15, 0.2) is 11.2 Å². The van der Waals surface area contributed by atoms with Crippen LogP contribution in [0.1, 0.15) is 31.5 Å². The zero-order valence-corrected chi connectivity index (χ0v) is 16.7. The average Bonchev–Trinajstić information content (AvgIpc) is 3.06. The minimum atomic E-state index is -1.63. The van der Waals surface area contributed by atoms with E-state index in [2.05, 4.69) is 15.8 Å². The normalized spacial score (nSPS) is 27.7. The van der Waals surface area contributed by atoms with Crippen molar-refractivity contribution in [3.63, 3.8) is 0 Å². The fourth-order valence-corrected chi connectivity index (χ4v) is 5.17.